The van der Waals surface area contributed by atoms with Crippen molar-refractivity contribution in [2.45, 2.75) is 11.6 Å². The summed E-state index contributed by atoms with van der Waals surface area (Å²) in [7, 11) is -9.44. The van der Waals surface area contributed by atoms with Gasteiger partial charge in [-0.1, -0.05) is 30.3 Å². The maximum absolute atomic E-state index is 11.8. The standard InChI is InChI=1S/C13H16N2O6P2/c16-22(17,18)12(10-4-2-1-3-5-10)15-13(23(19,20)21)11-6-8-14-9-7-11/h1-9,12-13,15H,(H2,16,17,18)(H2,19,20,21). The molecular weight excluding hydrogens is 342 g/mol. The second-order valence-electron chi connectivity index (χ2n) is 4.84. The van der Waals surface area contributed by atoms with Crippen LogP contribution in [0.25, 0.3) is 0 Å². The SMILES string of the molecule is O=P(O)(O)C(NC(c1ccncc1)P(=O)(O)O)c1ccccc1. The summed E-state index contributed by atoms with van der Waals surface area (Å²) in [6.45, 7) is 0. The lowest BCUT2D eigenvalue weighted by Gasteiger charge is -2.27. The fourth-order valence-electron chi connectivity index (χ4n) is 2.11. The van der Waals surface area contributed by atoms with Gasteiger partial charge in [0, 0.05) is 12.4 Å². The van der Waals surface area contributed by atoms with Gasteiger partial charge >= 0.3 is 15.2 Å². The van der Waals surface area contributed by atoms with E-state index in [1.165, 1.54) is 36.7 Å². The Hall–Kier alpha value is -1.37. The molecule has 23 heavy (non-hydrogen) atoms. The van der Waals surface area contributed by atoms with Gasteiger partial charge in [-0.15, -0.1) is 0 Å². The van der Waals surface area contributed by atoms with Gasteiger partial charge in [0.25, 0.3) is 0 Å². The molecule has 0 aliphatic heterocycles. The zero-order valence-electron chi connectivity index (χ0n) is 11.8. The van der Waals surface area contributed by atoms with Gasteiger partial charge in [-0.3, -0.25) is 19.4 Å². The average Bonchev–Trinajstić information content (AvgIpc) is 2.47. The Balaban J connectivity index is 2.44. The number of pyridine rings is 1. The summed E-state index contributed by atoms with van der Waals surface area (Å²) < 4.78 is 23.6. The van der Waals surface area contributed by atoms with E-state index in [2.05, 4.69) is 10.3 Å². The summed E-state index contributed by atoms with van der Waals surface area (Å²) in [4.78, 5) is 42.0. The first-order chi connectivity index (χ1) is 10.7. The molecule has 0 spiro atoms. The smallest absolute Gasteiger partial charge is 0.323 e. The lowest BCUT2D eigenvalue weighted by Crippen LogP contribution is -2.27. The summed E-state index contributed by atoms with van der Waals surface area (Å²) in [5.41, 5.74) is 0.413. The lowest BCUT2D eigenvalue weighted by molar-refractivity contribution is 0.326. The van der Waals surface area contributed by atoms with Crippen LogP contribution < -0.4 is 5.32 Å². The molecule has 1 aromatic heterocycles. The van der Waals surface area contributed by atoms with E-state index in [-0.39, 0.29) is 11.1 Å². The molecule has 0 radical (unpaired) electrons. The third-order valence-corrected chi connectivity index (χ3v) is 5.37. The van der Waals surface area contributed by atoms with Crippen molar-refractivity contribution in [1.29, 1.82) is 0 Å². The second kappa shape index (κ2) is 7.03. The van der Waals surface area contributed by atoms with Crippen molar-refractivity contribution in [2.24, 2.45) is 0 Å². The summed E-state index contributed by atoms with van der Waals surface area (Å²) in [5.74, 6) is -3.11. The second-order valence-corrected chi connectivity index (χ2v) is 8.23. The van der Waals surface area contributed by atoms with Gasteiger partial charge in [-0.05, 0) is 23.3 Å². The number of nitrogens with zero attached hydrogens (tertiary/aromatic N) is 1. The van der Waals surface area contributed by atoms with Gasteiger partial charge in [0.15, 0.2) is 0 Å². The van der Waals surface area contributed by atoms with Gasteiger partial charge in [0.05, 0.1) is 0 Å². The van der Waals surface area contributed by atoms with E-state index in [0.717, 1.165) is 0 Å². The summed E-state index contributed by atoms with van der Waals surface area (Å²) in [6, 6.07) is 10.5. The number of hydrogen-bond donors (Lipinski definition) is 5. The maximum atomic E-state index is 11.8. The number of hydrogen-bond acceptors (Lipinski definition) is 4. The van der Waals surface area contributed by atoms with E-state index in [9.17, 15) is 28.7 Å². The molecular formula is C13H16N2O6P2. The molecule has 8 nitrogen and oxygen atoms in total. The minimum Gasteiger partial charge on any atom is -0.323 e. The first kappa shape index (κ1) is 18.0. The van der Waals surface area contributed by atoms with Gasteiger partial charge in [0.1, 0.15) is 11.6 Å². The highest BCUT2D eigenvalue weighted by atomic mass is 31.2. The van der Waals surface area contributed by atoms with Crippen LogP contribution in [0, 0.1) is 0 Å². The van der Waals surface area contributed by atoms with Crippen LogP contribution in [0.4, 0.5) is 0 Å². The summed E-state index contributed by atoms with van der Waals surface area (Å²) in [5, 5.41) is 2.41. The van der Waals surface area contributed by atoms with Crippen molar-refractivity contribution in [2.75, 3.05) is 0 Å². The molecule has 0 bridgehead atoms. The molecule has 0 amide bonds. The van der Waals surface area contributed by atoms with Crippen LogP contribution in [0.1, 0.15) is 22.7 Å². The van der Waals surface area contributed by atoms with E-state index >= 15 is 0 Å². The maximum Gasteiger partial charge on any atom is 0.346 e. The number of nitrogens with one attached hydrogen (secondary N) is 1. The normalized spacial score (nSPS) is 15.1. The van der Waals surface area contributed by atoms with Gasteiger partial charge in [0.2, 0.25) is 0 Å². The fraction of sp³-hybridized carbons (Fsp3) is 0.154. The first-order valence-corrected chi connectivity index (χ1v) is 9.87. The molecule has 0 aliphatic rings. The van der Waals surface area contributed by atoms with E-state index < -0.39 is 26.8 Å². The molecule has 0 saturated carbocycles. The predicted octanol–water partition coefficient (Wildman–Crippen LogP) is 1.72. The Kier molecular flexibility index (Phi) is 5.49. The molecule has 2 atom stereocenters. The van der Waals surface area contributed by atoms with E-state index in [4.69, 9.17) is 0 Å². The van der Waals surface area contributed by atoms with Gasteiger partial charge in [-0.25, -0.2) is 0 Å². The third-order valence-electron chi connectivity index (χ3n) is 3.13. The van der Waals surface area contributed by atoms with Crippen molar-refractivity contribution in [3.63, 3.8) is 0 Å². The molecule has 0 saturated heterocycles. The molecule has 0 aliphatic carbocycles. The van der Waals surface area contributed by atoms with Crippen LogP contribution in [-0.2, 0) is 9.13 Å². The highest BCUT2D eigenvalue weighted by Gasteiger charge is 2.39. The van der Waals surface area contributed by atoms with Crippen molar-refractivity contribution in [3.8, 4) is 0 Å². The average molecular weight is 358 g/mol. The quantitative estimate of drug-likeness (QED) is 0.492. The number of aromatic nitrogens is 1. The van der Waals surface area contributed by atoms with Crippen LogP contribution >= 0.6 is 15.2 Å². The third kappa shape index (κ3) is 4.80. The summed E-state index contributed by atoms with van der Waals surface area (Å²) in [6.07, 6.45) is 2.68. The Morgan fingerprint density at radius 3 is 1.65 bits per heavy atom. The van der Waals surface area contributed by atoms with Crippen molar-refractivity contribution in [1.82, 2.24) is 10.3 Å². The molecule has 1 aromatic carbocycles. The molecule has 2 unspecified atom stereocenters. The zero-order chi connectivity index (χ0) is 17.1. The van der Waals surface area contributed by atoms with Crippen LogP contribution in [0.15, 0.2) is 54.9 Å². The Bertz CT molecular complexity index is 667. The van der Waals surface area contributed by atoms with E-state index in [1.54, 1.807) is 18.2 Å². The lowest BCUT2D eigenvalue weighted by atomic mass is 10.2. The number of benzene rings is 1. The van der Waals surface area contributed by atoms with E-state index in [0.29, 0.717) is 0 Å². The van der Waals surface area contributed by atoms with Crippen molar-refractivity contribution >= 4 is 15.2 Å². The highest BCUT2D eigenvalue weighted by molar-refractivity contribution is 7.53. The minimum absolute atomic E-state index is 0.183. The van der Waals surface area contributed by atoms with Crippen LogP contribution in [-0.4, -0.2) is 24.6 Å². The number of rotatable bonds is 6. The first-order valence-electron chi connectivity index (χ1n) is 6.51. The van der Waals surface area contributed by atoms with Gasteiger partial charge in [-0.2, -0.15) is 0 Å². The molecule has 5 N–H and O–H groups in total. The molecule has 124 valence electrons. The van der Waals surface area contributed by atoms with Gasteiger partial charge < -0.3 is 19.6 Å². The van der Waals surface area contributed by atoms with Crippen molar-refractivity contribution < 1.29 is 28.7 Å². The molecule has 0 fully saturated rings. The predicted molar refractivity (Wildman–Crippen MR) is 83.4 cm³/mol. The Morgan fingerprint density at radius 1 is 0.783 bits per heavy atom. The fourth-order valence-corrected chi connectivity index (χ4v) is 4.03. The Labute approximate surface area is 132 Å². The van der Waals surface area contributed by atoms with E-state index in [1.807, 2.05) is 0 Å². The Morgan fingerprint density at radius 2 is 1.22 bits per heavy atom. The van der Waals surface area contributed by atoms with Crippen LogP contribution in [0.2, 0.25) is 0 Å². The monoisotopic (exact) mass is 358 g/mol. The summed E-state index contributed by atoms with van der Waals surface area (Å²) >= 11 is 0. The van der Waals surface area contributed by atoms with Crippen LogP contribution in [0.3, 0.4) is 0 Å². The molecule has 2 rings (SSSR count). The largest absolute Gasteiger partial charge is 0.346 e. The minimum atomic E-state index is -4.72. The molecule has 10 heteroatoms. The highest BCUT2D eigenvalue weighted by Crippen LogP contribution is 2.56. The topological polar surface area (TPSA) is 140 Å². The van der Waals surface area contributed by atoms with Crippen LogP contribution in [0.5, 0.6) is 0 Å². The van der Waals surface area contributed by atoms with Crippen molar-refractivity contribution in [3.05, 3.63) is 66.0 Å². The molecule has 1 heterocycles. The molecule has 2 aromatic rings. The zero-order valence-corrected chi connectivity index (χ0v) is 13.6.